The first-order valence-electron chi connectivity index (χ1n) is 8.22. The largest absolute Gasteiger partial charge is 0.373 e. The van der Waals surface area contributed by atoms with Gasteiger partial charge in [-0.1, -0.05) is 52.4 Å². The molecule has 3 nitrogen and oxygen atoms in total. The van der Waals surface area contributed by atoms with Crippen LogP contribution in [-0.4, -0.2) is 32.7 Å². The summed E-state index contributed by atoms with van der Waals surface area (Å²) < 4.78 is 15.6. The van der Waals surface area contributed by atoms with Crippen LogP contribution in [-0.2, 0) is 14.2 Å². The lowest BCUT2D eigenvalue weighted by molar-refractivity contribution is -0.224. The standard InChI is InChI=1S/C14H30O2.C3H6O/c1-6-7-8-9-10-11-12-13(2)14(3,15-4)16-5;1-3-2-4-3/h13H,6-12H2,1-5H3;3H,2H2,1H3. The Morgan fingerprint density at radius 1 is 1.10 bits per heavy atom. The monoisotopic (exact) mass is 288 g/mol. The number of hydrogen-bond donors (Lipinski definition) is 0. The molecular formula is C17H36O3. The van der Waals surface area contributed by atoms with Gasteiger partial charge in [0.05, 0.1) is 12.7 Å². The molecule has 0 aromatic heterocycles. The molecular weight excluding hydrogens is 252 g/mol. The predicted octanol–water partition coefficient (Wildman–Crippen LogP) is 4.79. The van der Waals surface area contributed by atoms with Gasteiger partial charge in [-0.2, -0.15) is 0 Å². The number of unbranched alkanes of at least 4 members (excludes halogenated alkanes) is 5. The van der Waals surface area contributed by atoms with E-state index in [2.05, 4.69) is 20.8 Å². The van der Waals surface area contributed by atoms with Crippen LogP contribution in [0.2, 0.25) is 0 Å². The number of methoxy groups -OCH3 is 2. The van der Waals surface area contributed by atoms with Crippen molar-refractivity contribution < 1.29 is 14.2 Å². The van der Waals surface area contributed by atoms with E-state index in [1.54, 1.807) is 14.2 Å². The highest BCUT2D eigenvalue weighted by Crippen LogP contribution is 2.26. The van der Waals surface area contributed by atoms with Crippen molar-refractivity contribution in [3.05, 3.63) is 0 Å². The lowest BCUT2D eigenvalue weighted by Crippen LogP contribution is -2.37. The van der Waals surface area contributed by atoms with Gasteiger partial charge in [-0.05, 0) is 20.3 Å². The Bertz CT molecular complexity index is 210. The van der Waals surface area contributed by atoms with Crippen LogP contribution in [0, 0.1) is 5.92 Å². The summed E-state index contributed by atoms with van der Waals surface area (Å²) >= 11 is 0. The molecule has 1 aliphatic heterocycles. The molecule has 0 aromatic rings. The van der Waals surface area contributed by atoms with E-state index in [4.69, 9.17) is 14.2 Å². The highest BCUT2D eigenvalue weighted by atomic mass is 16.7. The minimum Gasteiger partial charge on any atom is -0.373 e. The van der Waals surface area contributed by atoms with E-state index < -0.39 is 5.79 Å². The van der Waals surface area contributed by atoms with Crippen molar-refractivity contribution in [2.24, 2.45) is 5.92 Å². The first-order chi connectivity index (χ1) is 9.50. The van der Waals surface area contributed by atoms with Crippen molar-refractivity contribution in [1.82, 2.24) is 0 Å². The summed E-state index contributed by atoms with van der Waals surface area (Å²) in [4.78, 5) is 0. The Hall–Kier alpha value is -0.120. The van der Waals surface area contributed by atoms with Crippen LogP contribution in [0.1, 0.15) is 72.6 Å². The Balaban J connectivity index is 0.000000760. The van der Waals surface area contributed by atoms with Crippen LogP contribution >= 0.6 is 0 Å². The van der Waals surface area contributed by atoms with Gasteiger partial charge >= 0.3 is 0 Å². The molecule has 3 heteroatoms. The first-order valence-corrected chi connectivity index (χ1v) is 8.22. The van der Waals surface area contributed by atoms with Gasteiger partial charge < -0.3 is 14.2 Å². The zero-order chi connectivity index (χ0) is 15.4. The van der Waals surface area contributed by atoms with Crippen LogP contribution < -0.4 is 0 Å². The number of hydrogen-bond acceptors (Lipinski definition) is 3. The third-order valence-electron chi connectivity index (χ3n) is 4.20. The van der Waals surface area contributed by atoms with Crippen molar-refractivity contribution >= 4 is 0 Å². The molecule has 0 aliphatic carbocycles. The van der Waals surface area contributed by atoms with E-state index in [1.165, 1.54) is 44.9 Å². The molecule has 1 saturated heterocycles. The van der Waals surface area contributed by atoms with Gasteiger partial charge in [0.15, 0.2) is 5.79 Å². The summed E-state index contributed by atoms with van der Waals surface area (Å²) in [6, 6.07) is 0. The molecule has 1 heterocycles. The van der Waals surface area contributed by atoms with Crippen LogP contribution in [0.5, 0.6) is 0 Å². The molecule has 1 rings (SSSR count). The van der Waals surface area contributed by atoms with E-state index >= 15 is 0 Å². The number of ether oxygens (including phenoxy) is 3. The van der Waals surface area contributed by atoms with Crippen molar-refractivity contribution in [3.63, 3.8) is 0 Å². The van der Waals surface area contributed by atoms with Gasteiger partial charge in [0.2, 0.25) is 0 Å². The molecule has 2 atom stereocenters. The van der Waals surface area contributed by atoms with Crippen LogP contribution in [0.15, 0.2) is 0 Å². The first kappa shape index (κ1) is 19.9. The fraction of sp³-hybridized carbons (Fsp3) is 1.00. The van der Waals surface area contributed by atoms with Crippen molar-refractivity contribution in [2.75, 3.05) is 20.8 Å². The third kappa shape index (κ3) is 9.73. The number of rotatable bonds is 10. The zero-order valence-corrected chi connectivity index (χ0v) is 14.5. The summed E-state index contributed by atoms with van der Waals surface area (Å²) in [6.45, 7) is 9.53. The highest BCUT2D eigenvalue weighted by molar-refractivity contribution is 4.70. The average molecular weight is 288 g/mol. The molecule has 20 heavy (non-hydrogen) atoms. The van der Waals surface area contributed by atoms with Gasteiger partial charge in [0, 0.05) is 20.1 Å². The topological polar surface area (TPSA) is 31.0 Å². The minimum atomic E-state index is -0.413. The Morgan fingerprint density at radius 3 is 1.95 bits per heavy atom. The van der Waals surface area contributed by atoms with Gasteiger partial charge in [-0.15, -0.1) is 0 Å². The van der Waals surface area contributed by atoms with Crippen molar-refractivity contribution in [2.45, 2.75) is 84.5 Å². The lowest BCUT2D eigenvalue weighted by atomic mass is 9.94. The summed E-state index contributed by atoms with van der Waals surface area (Å²) in [6.07, 6.45) is 9.85. The fourth-order valence-electron chi connectivity index (χ4n) is 2.07. The lowest BCUT2D eigenvalue weighted by Gasteiger charge is -2.32. The summed E-state index contributed by atoms with van der Waals surface area (Å²) in [5.41, 5.74) is 0. The smallest absolute Gasteiger partial charge is 0.167 e. The second-order valence-corrected chi connectivity index (χ2v) is 6.03. The maximum Gasteiger partial charge on any atom is 0.167 e. The second kappa shape index (κ2) is 11.5. The molecule has 1 fully saturated rings. The molecule has 0 spiro atoms. The second-order valence-electron chi connectivity index (χ2n) is 6.03. The maximum atomic E-state index is 5.42. The molecule has 122 valence electrons. The van der Waals surface area contributed by atoms with Gasteiger partial charge in [0.25, 0.3) is 0 Å². The van der Waals surface area contributed by atoms with E-state index in [0.29, 0.717) is 12.0 Å². The molecule has 0 saturated carbocycles. The predicted molar refractivity (Wildman–Crippen MR) is 85.0 cm³/mol. The van der Waals surface area contributed by atoms with E-state index in [-0.39, 0.29) is 0 Å². The molecule has 1 aliphatic rings. The maximum absolute atomic E-state index is 5.42. The molecule has 0 N–H and O–H groups in total. The Morgan fingerprint density at radius 2 is 1.55 bits per heavy atom. The molecule has 0 amide bonds. The van der Waals surface area contributed by atoms with E-state index in [1.807, 2.05) is 6.92 Å². The van der Waals surface area contributed by atoms with Gasteiger partial charge in [-0.25, -0.2) is 0 Å². The average Bonchev–Trinajstić information content (AvgIpc) is 3.24. The molecule has 0 radical (unpaired) electrons. The van der Waals surface area contributed by atoms with Crippen molar-refractivity contribution in [1.29, 1.82) is 0 Å². The van der Waals surface area contributed by atoms with Gasteiger partial charge in [0.1, 0.15) is 0 Å². The summed E-state index contributed by atoms with van der Waals surface area (Å²) in [7, 11) is 3.45. The van der Waals surface area contributed by atoms with E-state index in [9.17, 15) is 0 Å². The van der Waals surface area contributed by atoms with Crippen LogP contribution in [0.3, 0.4) is 0 Å². The molecule has 2 unspecified atom stereocenters. The fourth-order valence-corrected chi connectivity index (χ4v) is 2.07. The Kier molecular flexibility index (Phi) is 11.5. The summed E-state index contributed by atoms with van der Waals surface area (Å²) in [5, 5.41) is 0. The normalized spacial score (nSPS) is 19.2. The summed E-state index contributed by atoms with van der Waals surface area (Å²) in [5.74, 6) is 0.0392. The van der Waals surface area contributed by atoms with Crippen molar-refractivity contribution in [3.8, 4) is 0 Å². The Labute approximate surface area is 126 Å². The number of epoxide rings is 1. The van der Waals surface area contributed by atoms with Gasteiger partial charge in [-0.3, -0.25) is 0 Å². The molecule has 0 aromatic carbocycles. The molecule has 0 bridgehead atoms. The quantitative estimate of drug-likeness (QED) is 0.329. The highest BCUT2D eigenvalue weighted by Gasteiger charge is 2.29. The SMILES string of the molecule is CC1CO1.CCCCCCCCC(C)C(C)(OC)OC. The third-order valence-corrected chi connectivity index (χ3v) is 4.20. The zero-order valence-electron chi connectivity index (χ0n) is 14.5. The minimum absolute atomic E-state index is 0.413. The van der Waals surface area contributed by atoms with E-state index in [0.717, 1.165) is 6.61 Å². The van der Waals surface area contributed by atoms with Crippen LogP contribution in [0.4, 0.5) is 0 Å². The van der Waals surface area contributed by atoms with Crippen LogP contribution in [0.25, 0.3) is 0 Å².